The van der Waals surface area contributed by atoms with Crippen LogP contribution in [0.2, 0.25) is 0 Å². The molecular weight excluding hydrogens is 436 g/mol. The molecule has 7 heteroatoms. The Hall–Kier alpha value is -2.15. The number of pyridine rings is 1. The minimum Gasteiger partial charge on any atom is -0.373 e. The molecule has 2 aliphatic heterocycles. The maximum atomic E-state index is 12.9. The number of hydrogen-bond donors (Lipinski definition) is 3. The number of nitrogens with zero attached hydrogens (tertiary/aromatic N) is 3. The summed E-state index contributed by atoms with van der Waals surface area (Å²) in [4.78, 5) is 22.6. The molecule has 1 aliphatic carbocycles. The second-order valence-electron chi connectivity index (χ2n) is 10.1. The van der Waals surface area contributed by atoms with Crippen molar-refractivity contribution >= 4 is 23.3 Å². The molecule has 3 fully saturated rings. The molecule has 7 nitrogen and oxygen atoms in total. The molecule has 0 atom stereocenters. The van der Waals surface area contributed by atoms with Crippen molar-refractivity contribution in [2.45, 2.75) is 90.5 Å². The summed E-state index contributed by atoms with van der Waals surface area (Å²) >= 11 is 0. The first kappa shape index (κ1) is 27.4. The smallest absolute Gasteiger partial charge is 0.270 e. The summed E-state index contributed by atoms with van der Waals surface area (Å²) in [5.74, 6) is 2.12. The zero-order valence-corrected chi connectivity index (χ0v) is 22.4. The summed E-state index contributed by atoms with van der Waals surface area (Å²) < 4.78 is 0. The van der Waals surface area contributed by atoms with Gasteiger partial charge in [-0.15, -0.1) is 0 Å². The van der Waals surface area contributed by atoms with Crippen LogP contribution in [0.5, 0.6) is 0 Å². The highest BCUT2D eigenvalue weighted by molar-refractivity contribution is 6.45. The predicted octanol–water partition coefficient (Wildman–Crippen LogP) is 5.06. The zero-order valence-electron chi connectivity index (χ0n) is 22.4. The number of anilines is 2. The standard InChI is InChI=1S/C26H42N6O.C2H6/c1-28-25-22(11-12-23(30-25)32-15-7-2-3-8-16-32)24(27)26(33)29-21-13-17-31(18-14-21)19-20-9-5-4-6-10-20;1-2/h11-12,20-21,27H,2-10,13-19H2,1H3,(H,28,30)(H,29,33);1-2H3. The van der Waals surface area contributed by atoms with Crippen LogP contribution in [0.4, 0.5) is 11.6 Å². The van der Waals surface area contributed by atoms with Crippen molar-refractivity contribution < 1.29 is 4.79 Å². The van der Waals surface area contributed by atoms with Crippen LogP contribution in [0.1, 0.15) is 90.0 Å². The van der Waals surface area contributed by atoms with Crippen LogP contribution in [0.3, 0.4) is 0 Å². The fourth-order valence-electron chi connectivity index (χ4n) is 5.69. The number of amides is 1. The van der Waals surface area contributed by atoms with Crippen LogP contribution in [0.25, 0.3) is 0 Å². The Labute approximate surface area is 212 Å². The fourth-order valence-corrected chi connectivity index (χ4v) is 5.69. The first-order valence-electron chi connectivity index (χ1n) is 14.2. The second kappa shape index (κ2) is 14.4. The highest BCUT2D eigenvalue weighted by atomic mass is 16.1. The molecule has 0 unspecified atom stereocenters. The van der Waals surface area contributed by atoms with Crippen molar-refractivity contribution in [2.24, 2.45) is 5.92 Å². The molecule has 0 bridgehead atoms. The molecule has 4 rings (SSSR count). The lowest BCUT2D eigenvalue weighted by molar-refractivity contribution is -0.115. The summed E-state index contributed by atoms with van der Waals surface area (Å²) in [6.07, 6.45) is 13.8. The van der Waals surface area contributed by atoms with Crippen molar-refractivity contribution in [1.29, 1.82) is 5.41 Å². The number of carbonyl (C=O) groups excluding carboxylic acids is 1. The number of nitrogens with one attached hydrogen (secondary N) is 3. The van der Waals surface area contributed by atoms with Gasteiger partial charge in [0.05, 0.1) is 0 Å². The normalized spacial score (nSPS) is 20.4. The van der Waals surface area contributed by atoms with Crippen LogP contribution in [0, 0.1) is 11.3 Å². The third-order valence-corrected chi connectivity index (χ3v) is 7.71. The van der Waals surface area contributed by atoms with Gasteiger partial charge in [0, 0.05) is 51.4 Å². The minimum absolute atomic E-state index is 0.00102. The first-order valence-corrected chi connectivity index (χ1v) is 14.2. The van der Waals surface area contributed by atoms with E-state index in [1.54, 1.807) is 0 Å². The quantitative estimate of drug-likeness (QED) is 0.471. The number of piperidine rings is 1. The van der Waals surface area contributed by atoms with Gasteiger partial charge in [0.1, 0.15) is 17.3 Å². The Morgan fingerprint density at radius 2 is 1.57 bits per heavy atom. The lowest BCUT2D eigenvalue weighted by Gasteiger charge is -2.35. The average Bonchev–Trinajstić information content (AvgIpc) is 3.20. The molecule has 35 heavy (non-hydrogen) atoms. The molecule has 1 aromatic heterocycles. The molecule has 1 amide bonds. The number of aromatic nitrogens is 1. The number of likely N-dealkylation sites (tertiary alicyclic amines) is 1. The lowest BCUT2D eigenvalue weighted by atomic mass is 9.88. The Balaban J connectivity index is 0.00000167. The molecule has 1 aromatic rings. The van der Waals surface area contributed by atoms with E-state index in [9.17, 15) is 4.79 Å². The highest BCUT2D eigenvalue weighted by Gasteiger charge is 2.26. The lowest BCUT2D eigenvalue weighted by Crippen LogP contribution is -2.47. The molecule has 3 heterocycles. The molecule has 196 valence electrons. The largest absolute Gasteiger partial charge is 0.373 e. The Morgan fingerprint density at radius 3 is 2.20 bits per heavy atom. The average molecular weight is 485 g/mol. The van der Waals surface area contributed by atoms with Gasteiger partial charge in [0.25, 0.3) is 5.91 Å². The van der Waals surface area contributed by atoms with Crippen LogP contribution in [-0.2, 0) is 4.79 Å². The Morgan fingerprint density at radius 1 is 0.943 bits per heavy atom. The van der Waals surface area contributed by atoms with E-state index in [2.05, 4.69) is 20.4 Å². The van der Waals surface area contributed by atoms with Crippen LogP contribution >= 0.6 is 0 Å². The predicted molar refractivity (Wildman–Crippen MR) is 147 cm³/mol. The van der Waals surface area contributed by atoms with Gasteiger partial charge in [-0.3, -0.25) is 10.2 Å². The molecule has 1 saturated carbocycles. The second-order valence-corrected chi connectivity index (χ2v) is 10.1. The van der Waals surface area contributed by atoms with Gasteiger partial charge in [0.15, 0.2) is 0 Å². The molecule has 2 saturated heterocycles. The number of hydrogen-bond acceptors (Lipinski definition) is 6. The van der Waals surface area contributed by atoms with E-state index in [-0.39, 0.29) is 17.7 Å². The van der Waals surface area contributed by atoms with Gasteiger partial charge < -0.3 is 20.4 Å². The van der Waals surface area contributed by atoms with Crippen molar-refractivity contribution in [3.8, 4) is 0 Å². The summed E-state index contributed by atoms with van der Waals surface area (Å²) in [5.41, 5.74) is 0.571. The van der Waals surface area contributed by atoms with E-state index < -0.39 is 0 Å². The highest BCUT2D eigenvalue weighted by Crippen LogP contribution is 2.26. The molecule has 3 N–H and O–H groups in total. The Kier molecular flexibility index (Phi) is 11.3. The van der Waals surface area contributed by atoms with Gasteiger partial charge >= 0.3 is 0 Å². The summed E-state index contributed by atoms with van der Waals surface area (Å²) in [7, 11) is 1.81. The molecule has 0 radical (unpaired) electrons. The number of rotatable bonds is 7. The van der Waals surface area contributed by atoms with Crippen molar-refractivity contribution in [3.63, 3.8) is 0 Å². The van der Waals surface area contributed by atoms with E-state index in [1.165, 1.54) is 64.3 Å². The zero-order chi connectivity index (χ0) is 25.0. The first-order chi connectivity index (χ1) is 17.1. The SMILES string of the molecule is CC.CNc1nc(N2CCCCCC2)ccc1C(=N)C(=O)NC1CCN(CC2CCCCC2)CC1. The molecule has 0 spiro atoms. The van der Waals surface area contributed by atoms with E-state index >= 15 is 0 Å². The van der Waals surface area contributed by atoms with E-state index in [0.29, 0.717) is 11.4 Å². The maximum Gasteiger partial charge on any atom is 0.270 e. The molecule has 3 aliphatic rings. The van der Waals surface area contributed by atoms with Crippen LogP contribution < -0.4 is 15.5 Å². The third-order valence-electron chi connectivity index (χ3n) is 7.71. The van der Waals surface area contributed by atoms with E-state index in [1.807, 2.05) is 33.0 Å². The van der Waals surface area contributed by atoms with Gasteiger partial charge in [-0.2, -0.15) is 0 Å². The molecule has 0 aromatic carbocycles. The monoisotopic (exact) mass is 484 g/mol. The maximum absolute atomic E-state index is 12.9. The van der Waals surface area contributed by atoms with Gasteiger partial charge in [-0.05, 0) is 56.6 Å². The summed E-state index contributed by atoms with van der Waals surface area (Å²) in [6, 6.07) is 4.00. The van der Waals surface area contributed by atoms with E-state index in [0.717, 1.165) is 50.8 Å². The van der Waals surface area contributed by atoms with Gasteiger partial charge in [0.2, 0.25) is 0 Å². The Bertz CT molecular complexity index is 791. The van der Waals surface area contributed by atoms with Crippen molar-refractivity contribution in [1.82, 2.24) is 15.2 Å². The van der Waals surface area contributed by atoms with Crippen LogP contribution in [0.15, 0.2) is 12.1 Å². The van der Waals surface area contributed by atoms with Crippen molar-refractivity contribution in [2.75, 3.05) is 50.0 Å². The third kappa shape index (κ3) is 7.92. The minimum atomic E-state index is -0.290. The summed E-state index contributed by atoms with van der Waals surface area (Å²) in [6.45, 7) is 9.35. The number of carbonyl (C=O) groups is 1. The van der Waals surface area contributed by atoms with Crippen molar-refractivity contribution in [3.05, 3.63) is 17.7 Å². The fraction of sp³-hybridized carbons (Fsp3) is 0.750. The topological polar surface area (TPSA) is 84.4 Å². The van der Waals surface area contributed by atoms with Gasteiger partial charge in [-0.25, -0.2) is 4.98 Å². The summed E-state index contributed by atoms with van der Waals surface area (Å²) in [5, 5.41) is 14.8. The van der Waals surface area contributed by atoms with Crippen LogP contribution in [-0.4, -0.2) is 67.3 Å². The van der Waals surface area contributed by atoms with Gasteiger partial charge in [-0.1, -0.05) is 46.0 Å². The molecular formula is C28H48N6O. The van der Waals surface area contributed by atoms with E-state index in [4.69, 9.17) is 10.4 Å².